The monoisotopic (exact) mass is 387 g/mol. The Morgan fingerprint density at radius 1 is 0.963 bits per heavy atom. The lowest BCUT2D eigenvalue weighted by Gasteiger charge is -2.08. The molecule has 0 radical (unpaired) electrons. The first-order valence-corrected chi connectivity index (χ1v) is 9.09. The van der Waals surface area contributed by atoms with Crippen molar-refractivity contribution < 1.29 is 31.3 Å². The third-order valence-electron chi connectivity index (χ3n) is 4.24. The molecule has 0 aliphatic rings. The van der Waals surface area contributed by atoms with Crippen LogP contribution < -0.4 is 4.57 Å². The summed E-state index contributed by atoms with van der Waals surface area (Å²) < 4.78 is 37.4. The molecular formula is C19H14FNO5S. The van der Waals surface area contributed by atoms with Gasteiger partial charge in [-0.25, -0.2) is 13.2 Å². The summed E-state index contributed by atoms with van der Waals surface area (Å²) in [6.45, 7) is 0. The predicted molar refractivity (Wildman–Crippen MR) is 97.9 cm³/mol. The van der Waals surface area contributed by atoms with E-state index >= 15 is 0 Å². The molecule has 0 fully saturated rings. The molecule has 27 heavy (non-hydrogen) atoms. The van der Waals surface area contributed by atoms with Gasteiger partial charge in [0.1, 0.15) is 7.05 Å². The van der Waals surface area contributed by atoms with Crippen LogP contribution in [-0.4, -0.2) is 24.0 Å². The highest BCUT2D eigenvalue weighted by Gasteiger charge is 2.22. The van der Waals surface area contributed by atoms with E-state index in [-0.39, 0.29) is 0 Å². The molecular weight excluding hydrogens is 373 g/mol. The quantitative estimate of drug-likeness (QED) is 0.234. The van der Waals surface area contributed by atoms with E-state index in [1.54, 1.807) is 0 Å². The Morgan fingerprint density at radius 3 is 2.07 bits per heavy atom. The van der Waals surface area contributed by atoms with Gasteiger partial charge in [0.2, 0.25) is 11.0 Å². The van der Waals surface area contributed by atoms with Gasteiger partial charge in [0.15, 0.2) is 0 Å². The van der Waals surface area contributed by atoms with Crippen LogP contribution in [0.3, 0.4) is 0 Å². The van der Waals surface area contributed by atoms with Gasteiger partial charge in [-0.3, -0.25) is 0 Å². The Balaban J connectivity index is 0.000000376. The fraction of sp³-hybridized carbons (Fsp3) is 0.0526. The molecule has 1 N–H and O–H groups in total. The van der Waals surface area contributed by atoms with E-state index < -0.39 is 16.5 Å². The number of fused-ring (bicyclic) bond motifs is 3. The Hall–Kier alpha value is -3.10. The molecule has 0 aliphatic carbocycles. The van der Waals surface area contributed by atoms with Crippen molar-refractivity contribution in [3.05, 3.63) is 66.2 Å². The van der Waals surface area contributed by atoms with Crippen LogP contribution in [0.5, 0.6) is 0 Å². The van der Waals surface area contributed by atoms with Crippen molar-refractivity contribution in [2.75, 3.05) is 0 Å². The molecule has 0 amide bonds. The second kappa shape index (κ2) is 6.90. The average molecular weight is 387 g/mol. The Bertz CT molecular complexity index is 1290. The molecule has 8 heteroatoms. The minimum absolute atomic E-state index is 0.370. The van der Waals surface area contributed by atoms with Crippen LogP contribution in [0.25, 0.3) is 32.6 Å². The minimum Gasteiger partial charge on any atom is -0.722 e. The molecule has 3 aromatic carbocycles. The highest BCUT2D eigenvalue weighted by molar-refractivity contribution is 7.80. The number of aromatic nitrogens is 1. The zero-order valence-corrected chi connectivity index (χ0v) is 14.9. The molecule has 138 valence electrons. The molecule has 0 aliphatic heterocycles. The largest absolute Gasteiger partial charge is 0.722 e. The van der Waals surface area contributed by atoms with Crippen LogP contribution >= 0.6 is 0 Å². The molecule has 0 saturated carbocycles. The van der Waals surface area contributed by atoms with Gasteiger partial charge in [-0.05, 0) is 22.9 Å². The third kappa shape index (κ3) is 3.86. The van der Waals surface area contributed by atoms with E-state index in [0.29, 0.717) is 5.56 Å². The molecule has 4 rings (SSSR count). The van der Waals surface area contributed by atoms with Gasteiger partial charge in [-0.15, -0.1) is 3.89 Å². The summed E-state index contributed by atoms with van der Waals surface area (Å²) in [7, 11) is -3.44. The fourth-order valence-corrected chi connectivity index (χ4v) is 3.19. The van der Waals surface area contributed by atoms with E-state index in [4.69, 9.17) is 13.0 Å². The zero-order chi connectivity index (χ0) is 19.8. The average Bonchev–Trinajstić information content (AvgIpc) is 2.59. The number of benzene rings is 3. The second-order valence-corrected chi connectivity index (χ2v) is 6.65. The number of rotatable bonds is 1. The van der Waals surface area contributed by atoms with Gasteiger partial charge in [0, 0.05) is 12.1 Å². The van der Waals surface area contributed by atoms with Crippen molar-refractivity contribution in [2.45, 2.75) is 0 Å². The molecule has 1 aromatic heterocycles. The molecule has 0 unspecified atom stereocenters. The number of hydrogen-bond acceptors (Lipinski definition) is 4. The van der Waals surface area contributed by atoms with E-state index in [9.17, 15) is 13.8 Å². The van der Waals surface area contributed by atoms with Crippen LogP contribution in [0.2, 0.25) is 0 Å². The number of halogens is 1. The summed E-state index contributed by atoms with van der Waals surface area (Å²) in [4.78, 5) is 11.9. The number of carboxylic acids is 1. The van der Waals surface area contributed by atoms with Crippen LogP contribution in [0.1, 0.15) is 10.4 Å². The molecule has 1 heterocycles. The van der Waals surface area contributed by atoms with Crippen LogP contribution in [0, 0.1) is 0 Å². The first-order chi connectivity index (χ1) is 12.7. The van der Waals surface area contributed by atoms with Crippen LogP contribution in [0.15, 0.2) is 60.7 Å². The van der Waals surface area contributed by atoms with Crippen LogP contribution in [0.4, 0.5) is 3.89 Å². The molecule has 0 bridgehead atoms. The van der Waals surface area contributed by atoms with Gasteiger partial charge in [-0.1, -0.05) is 36.4 Å². The molecule has 6 nitrogen and oxygen atoms in total. The number of nitrogens with zero attached hydrogens (tertiary/aromatic N) is 1. The molecule has 0 spiro atoms. The lowest BCUT2D eigenvalue weighted by Crippen LogP contribution is -2.31. The Morgan fingerprint density at radius 2 is 1.48 bits per heavy atom. The van der Waals surface area contributed by atoms with Gasteiger partial charge in [-0.2, -0.15) is 4.57 Å². The topological polar surface area (TPSA) is 98.4 Å². The molecule has 4 aromatic rings. The highest BCUT2D eigenvalue weighted by atomic mass is 32.3. The normalized spacial score (nSPS) is 11.4. The smallest absolute Gasteiger partial charge is 0.337 e. The van der Waals surface area contributed by atoms with Gasteiger partial charge in [0.25, 0.3) is 10.5 Å². The number of pyridine rings is 1. The number of carbonyl (C=O) groups is 1. The Kier molecular flexibility index (Phi) is 4.77. The fourth-order valence-electron chi connectivity index (χ4n) is 3.19. The van der Waals surface area contributed by atoms with Gasteiger partial charge < -0.3 is 9.66 Å². The van der Waals surface area contributed by atoms with Crippen molar-refractivity contribution >= 4 is 49.1 Å². The number of carboxylic acid groups (broad SMARTS) is 1. The maximum Gasteiger partial charge on any atom is 0.337 e. The molecule has 0 atom stereocenters. The Labute approximate surface area is 154 Å². The predicted octanol–water partition coefficient (Wildman–Crippen LogP) is 3.09. The lowest BCUT2D eigenvalue weighted by molar-refractivity contribution is -0.617. The highest BCUT2D eigenvalue weighted by Crippen LogP contribution is 2.28. The minimum atomic E-state index is -5.42. The summed E-state index contributed by atoms with van der Waals surface area (Å²) in [6, 6.07) is 19.7. The maximum atomic E-state index is 11.9. The number of hydrogen-bond donors (Lipinski definition) is 1. The van der Waals surface area contributed by atoms with Crippen molar-refractivity contribution in [1.82, 2.24) is 0 Å². The summed E-state index contributed by atoms with van der Waals surface area (Å²) in [6.07, 6.45) is 0. The first kappa shape index (κ1) is 18.7. The number of aryl methyl sites for hydroxylation is 1. The summed E-state index contributed by atoms with van der Waals surface area (Å²) >= 11 is 0. The van der Waals surface area contributed by atoms with Crippen molar-refractivity contribution in [3.63, 3.8) is 0 Å². The zero-order valence-electron chi connectivity index (χ0n) is 14.1. The standard InChI is InChI=1S/C19H13NO2.FHO3S/c1-20-16-9-5-4-8-14(16)18(19(21)22)15-10-12-6-2-3-7-13(12)11-17(15)20;1-5(2,3)4/h2-11H,1H3;(H,2,3,4). The van der Waals surface area contributed by atoms with Crippen molar-refractivity contribution in [1.29, 1.82) is 0 Å². The van der Waals surface area contributed by atoms with Crippen LogP contribution in [-0.2, 0) is 17.6 Å². The third-order valence-corrected chi connectivity index (χ3v) is 4.24. The maximum absolute atomic E-state index is 11.9. The van der Waals surface area contributed by atoms with Crippen molar-refractivity contribution in [2.24, 2.45) is 7.05 Å². The van der Waals surface area contributed by atoms with E-state index in [1.165, 1.54) is 0 Å². The van der Waals surface area contributed by atoms with E-state index in [2.05, 4.69) is 10.6 Å². The van der Waals surface area contributed by atoms with E-state index in [1.807, 2.05) is 61.6 Å². The number of para-hydroxylation sites is 1. The SMILES string of the molecule is C[n+]1c2ccccc2c(C(=O)O)c2cc3ccccc3cc21.O=S(=O)([O-])F. The molecule has 0 saturated heterocycles. The lowest BCUT2D eigenvalue weighted by atomic mass is 9.99. The first-order valence-electron chi connectivity index (χ1n) is 7.79. The van der Waals surface area contributed by atoms with Crippen molar-refractivity contribution in [3.8, 4) is 0 Å². The second-order valence-electron chi connectivity index (χ2n) is 5.87. The summed E-state index contributed by atoms with van der Waals surface area (Å²) in [5, 5.41) is 13.4. The number of aromatic carboxylic acids is 1. The van der Waals surface area contributed by atoms with E-state index in [0.717, 1.165) is 32.6 Å². The summed E-state index contributed by atoms with van der Waals surface area (Å²) in [5.74, 6) is -0.892. The summed E-state index contributed by atoms with van der Waals surface area (Å²) in [5.41, 5.74) is 2.21. The van der Waals surface area contributed by atoms with Gasteiger partial charge >= 0.3 is 5.97 Å². The van der Waals surface area contributed by atoms with Gasteiger partial charge in [0.05, 0.1) is 16.3 Å².